The van der Waals surface area contributed by atoms with Crippen LogP contribution in [0.15, 0.2) is 51.5 Å². The van der Waals surface area contributed by atoms with Crippen molar-refractivity contribution in [3.05, 3.63) is 41.8 Å². The van der Waals surface area contributed by atoms with Crippen LogP contribution in [0.1, 0.15) is 0 Å². The molecule has 2 heterocycles. The number of nitrogens with zero attached hydrogens (tertiary/aromatic N) is 4. The van der Waals surface area contributed by atoms with Crippen LogP contribution in [-0.4, -0.2) is 34.3 Å². The van der Waals surface area contributed by atoms with Gasteiger partial charge in [-0.1, -0.05) is 23.4 Å². The highest BCUT2D eigenvalue weighted by Crippen LogP contribution is 2.29. The molecule has 0 unspecified atom stereocenters. The molecule has 0 saturated carbocycles. The maximum absolute atomic E-state index is 11.4. The topological polar surface area (TPSA) is 77.2 Å². The highest BCUT2D eigenvalue weighted by atomic mass is 35.5. The summed E-state index contributed by atoms with van der Waals surface area (Å²) < 4.78 is 24.4. The molecule has 0 saturated heterocycles. The molecule has 0 aliphatic heterocycles. The standard InChI is InChI=1S/C12H9ClN4O2S2/c1-21(18,19)9-4-2-8(3-5-9)20-11-6-10(13)16-12-14-7-15-17(11)12/h2-7H,1H3. The summed E-state index contributed by atoms with van der Waals surface area (Å²) in [5, 5.41) is 5.15. The van der Waals surface area contributed by atoms with Gasteiger partial charge in [0.15, 0.2) is 9.84 Å². The van der Waals surface area contributed by atoms with Crippen molar-refractivity contribution in [2.75, 3.05) is 6.26 Å². The molecule has 9 heteroatoms. The van der Waals surface area contributed by atoms with E-state index in [2.05, 4.69) is 15.1 Å². The lowest BCUT2D eigenvalue weighted by molar-refractivity contribution is 0.602. The highest BCUT2D eigenvalue weighted by molar-refractivity contribution is 7.99. The minimum Gasteiger partial charge on any atom is -0.224 e. The van der Waals surface area contributed by atoms with Gasteiger partial charge in [0.2, 0.25) is 0 Å². The van der Waals surface area contributed by atoms with Crippen molar-refractivity contribution in [2.24, 2.45) is 0 Å². The van der Waals surface area contributed by atoms with E-state index in [0.717, 1.165) is 9.92 Å². The zero-order valence-electron chi connectivity index (χ0n) is 10.8. The van der Waals surface area contributed by atoms with Crippen LogP contribution in [0.4, 0.5) is 0 Å². The van der Waals surface area contributed by atoms with E-state index in [-0.39, 0.29) is 4.90 Å². The lowest BCUT2D eigenvalue weighted by Gasteiger charge is -2.05. The minimum atomic E-state index is -3.19. The van der Waals surface area contributed by atoms with Gasteiger partial charge in [0.1, 0.15) is 16.5 Å². The summed E-state index contributed by atoms with van der Waals surface area (Å²) in [5.74, 6) is 0.415. The average Bonchev–Trinajstić information content (AvgIpc) is 2.86. The van der Waals surface area contributed by atoms with Gasteiger partial charge < -0.3 is 0 Å². The normalized spacial score (nSPS) is 11.9. The second kappa shape index (κ2) is 5.28. The van der Waals surface area contributed by atoms with E-state index in [1.54, 1.807) is 34.8 Å². The molecule has 0 radical (unpaired) electrons. The Hall–Kier alpha value is -1.64. The molecule has 108 valence electrons. The maximum atomic E-state index is 11.4. The molecule has 0 aliphatic rings. The van der Waals surface area contributed by atoms with Crippen molar-refractivity contribution in [1.82, 2.24) is 19.6 Å². The first-order valence-electron chi connectivity index (χ1n) is 5.78. The summed E-state index contributed by atoms with van der Waals surface area (Å²) in [6, 6.07) is 8.28. The van der Waals surface area contributed by atoms with Crippen molar-refractivity contribution in [3.8, 4) is 0 Å². The summed E-state index contributed by atoms with van der Waals surface area (Å²) in [4.78, 5) is 9.18. The van der Waals surface area contributed by atoms with Crippen molar-refractivity contribution in [3.63, 3.8) is 0 Å². The Kier molecular flexibility index (Phi) is 3.60. The number of fused-ring (bicyclic) bond motifs is 1. The van der Waals surface area contributed by atoms with Crippen molar-refractivity contribution in [2.45, 2.75) is 14.8 Å². The maximum Gasteiger partial charge on any atom is 0.254 e. The van der Waals surface area contributed by atoms with E-state index in [0.29, 0.717) is 10.9 Å². The number of aromatic nitrogens is 4. The average molecular weight is 341 g/mol. The zero-order chi connectivity index (χ0) is 15.0. The smallest absolute Gasteiger partial charge is 0.224 e. The third-order valence-corrected chi connectivity index (χ3v) is 4.99. The molecule has 6 nitrogen and oxygen atoms in total. The predicted molar refractivity (Wildman–Crippen MR) is 79.5 cm³/mol. The van der Waals surface area contributed by atoms with E-state index in [1.807, 2.05) is 0 Å². The number of benzene rings is 1. The van der Waals surface area contributed by atoms with Gasteiger partial charge in [0.25, 0.3) is 5.78 Å². The molecule has 21 heavy (non-hydrogen) atoms. The summed E-state index contributed by atoms with van der Waals surface area (Å²) in [7, 11) is -3.19. The quantitative estimate of drug-likeness (QED) is 0.681. The largest absolute Gasteiger partial charge is 0.254 e. The Balaban J connectivity index is 1.97. The molecular weight excluding hydrogens is 332 g/mol. The van der Waals surface area contributed by atoms with E-state index in [9.17, 15) is 8.42 Å². The fourth-order valence-electron chi connectivity index (χ4n) is 1.71. The number of hydrogen-bond acceptors (Lipinski definition) is 6. The van der Waals surface area contributed by atoms with Gasteiger partial charge in [0, 0.05) is 17.2 Å². The fraction of sp³-hybridized carbons (Fsp3) is 0.0833. The van der Waals surface area contributed by atoms with Gasteiger partial charge in [-0.05, 0) is 24.3 Å². The van der Waals surface area contributed by atoms with Gasteiger partial charge in [-0.3, -0.25) is 0 Å². The van der Waals surface area contributed by atoms with Crippen LogP contribution >= 0.6 is 23.4 Å². The first kappa shape index (κ1) is 14.3. The molecule has 1 aromatic carbocycles. The van der Waals surface area contributed by atoms with E-state index in [4.69, 9.17) is 11.6 Å². The minimum absolute atomic E-state index is 0.283. The third-order valence-electron chi connectivity index (χ3n) is 2.66. The molecule has 3 rings (SSSR count). The van der Waals surface area contributed by atoms with Gasteiger partial charge >= 0.3 is 0 Å². The summed E-state index contributed by atoms with van der Waals surface area (Å²) in [5.41, 5.74) is 0. The highest BCUT2D eigenvalue weighted by Gasteiger charge is 2.10. The first-order valence-corrected chi connectivity index (χ1v) is 8.86. The number of halogens is 1. The molecule has 0 aliphatic carbocycles. The van der Waals surface area contributed by atoms with Gasteiger partial charge in [0.05, 0.1) is 4.90 Å². The lowest BCUT2D eigenvalue weighted by Crippen LogP contribution is -1.97. The third kappa shape index (κ3) is 3.02. The lowest BCUT2D eigenvalue weighted by atomic mass is 10.4. The van der Waals surface area contributed by atoms with Crippen LogP contribution in [0.3, 0.4) is 0 Å². The molecule has 0 atom stereocenters. The molecular formula is C12H9ClN4O2S2. The second-order valence-electron chi connectivity index (χ2n) is 4.23. The van der Waals surface area contributed by atoms with E-state index < -0.39 is 9.84 Å². The number of rotatable bonds is 3. The van der Waals surface area contributed by atoms with Crippen LogP contribution in [0, 0.1) is 0 Å². The Morgan fingerprint density at radius 3 is 2.62 bits per heavy atom. The second-order valence-corrected chi connectivity index (χ2v) is 7.73. The van der Waals surface area contributed by atoms with Crippen LogP contribution < -0.4 is 0 Å². The number of hydrogen-bond donors (Lipinski definition) is 0. The van der Waals surface area contributed by atoms with Gasteiger partial charge in [-0.25, -0.2) is 8.42 Å². The Morgan fingerprint density at radius 2 is 1.95 bits per heavy atom. The van der Waals surface area contributed by atoms with Gasteiger partial charge in [-0.15, -0.1) is 0 Å². The van der Waals surface area contributed by atoms with Crippen LogP contribution in [0.2, 0.25) is 5.15 Å². The monoisotopic (exact) mass is 340 g/mol. The fourth-order valence-corrected chi connectivity index (χ4v) is 3.48. The molecule has 0 amide bonds. The Bertz CT molecular complexity index is 907. The Morgan fingerprint density at radius 1 is 1.24 bits per heavy atom. The first-order chi connectivity index (χ1) is 9.93. The van der Waals surface area contributed by atoms with Crippen molar-refractivity contribution < 1.29 is 8.42 Å². The molecule has 2 aromatic heterocycles. The van der Waals surface area contributed by atoms with Crippen LogP contribution in [-0.2, 0) is 9.84 Å². The molecule has 0 fully saturated rings. The summed E-state index contributed by atoms with van der Waals surface area (Å²) in [6.45, 7) is 0. The molecule has 0 spiro atoms. The zero-order valence-corrected chi connectivity index (χ0v) is 13.2. The Labute approximate surface area is 130 Å². The van der Waals surface area contributed by atoms with E-state index in [1.165, 1.54) is 24.3 Å². The summed E-state index contributed by atoms with van der Waals surface area (Å²) >= 11 is 7.34. The molecule has 3 aromatic rings. The van der Waals surface area contributed by atoms with Crippen molar-refractivity contribution in [1.29, 1.82) is 0 Å². The molecule has 0 N–H and O–H groups in total. The summed E-state index contributed by atoms with van der Waals surface area (Å²) in [6.07, 6.45) is 2.58. The predicted octanol–water partition coefficient (Wildman–Crippen LogP) is 2.33. The van der Waals surface area contributed by atoms with Crippen molar-refractivity contribution >= 4 is 39.0 Å². The van der Waals surface area contributed by atoms with E-state index >= 15 is 0 Å². The van der Waals surface area contributed by atoms with Gasteiger partial charge in [-0.2, -0.15) is 19.6 Å². The van der Waals surface area contributed by atoms with Crippen LogP contribution in [0.5, 0.6) is 0 Å². The molecule has 0 bridgehead atoms. The SMILES string of the molecule is CS(=O)(=O)c1ccc(Sc2cc(Cl)nc3ncnn23)cc1. The number of sulfone groups is 1. The van der Waals surface area contributed by atoms with Crippen LogP contribution in [0.25, 0.3) is 5.78 Å².